The lowest BCUT2D eigenvalue weighted by Gasteiger charge is -2.34. The first kappa shape index (κ1) is 26.3. The van der Waals surface area contributed by atoms with Gasteiger partial charge in [-0.1, -0.05) is 36.4 Å². The topological polar surface area (TPSA) is 100 Å². The van der Waals surface area contributed by atoms with Crippen molar-refractivity contribution in [3.63, 3.8) is 0 Å². The van der Waals surface area contributed by atoms with Gasteiger partial charge >= 0.3 is 0 Å². The Hall–Kier alpha value is -4.96. The molecular weight excluding hydrogens is 516 g/mol. The molecule has 41 heavy (non-hydrogen) atoms. The van der Waals surface area contributed by atoms with Crippen LogP contribution in [0.3, 0.4) is 0 Å². The predicted molar refractivity (Wildman–Crippen MR) is 164 cm³/mol. The van der Waals surface area contributed by atoms with Gasteiger partial charge in [0, 0.05) is 56.2 Å². The fraction of sp³-hybridized carbons (Fsp3) is 0.226. The standard InChI is InChI=1S/C31H32N8O2/c1-32-22-10-7-11-24(18-22)39-29-26(34-28(30(39)40)21-8-5-4-6-9-21)20-33-31(36-29)35-25-13-12-23(19-27(25)41-3)38-16-14-37(2)15-17-38/h4-13,18-20,32H,14-17H2,1-3H3,(H,33,35,36). The minimum absolute atomic E-state index is 0.268. The lowest BCUT2D eigenvalue weighted by atomic mass is 10.1. The van der Waals surface area contributed by atoms with Crippen LogP contribution in [0.25, 0.3) is 28.1 Å². The second kappa shape index (κ2) is 11.3. The molecule has 0 atom stereocenters. The molecule has 0 radical (unpaired) electrons. The van der Waals surface area contributed by atoms with Crippen molar-refractivity contribution in [3.8, 4) is 22.7 Å². The molecular formula is C31H32N8O2. The lowest BCUT2D eigenvalue weighted by Crippen LogP contribution is -2.44. The number of nitrogens with one attached hydrogen (secondary N) is 2. The van der Waals surface area contributed by atoms with Gasteiger partial charge in [-0.25, -0.2) is 9.97 Å². The highest BCUT2D eigenvalue weighted by Crippen LogP contribution is 2.32. The molecule has 5 aromatic rings. The Bertz CT molecular complexity index is 1750. The first-order valence-electron chi connectivity index (χ1n) is 13.6. The summed E-state index contributed by atoms with van der Waals surface area (Å²) in [5.41, 5.74) is 5.07. The van der Waals surface area contributed by atoms with Gasteiger partial charge in [-0.2, -0.15) is 4.98 Å². The van der Waals surface area contributed by atoms with Crippen LogP contribution in [0.2, 0.25) is 0 Å². The number of rotatable bonds is 7. The van der Waals surface area contributed by atoms with Crippen LogP contribution in [-0.2, 0) is 0 Å². The van der Waals surface area contributed by atoms with E-state index < -0.39 is 0 Å². The van der Waals surface area contributed by atoms with E-state index in [9.17, 15) is 4.79 Å². The Morgan fingerprint density at radius 1 is 0.878 bits per heavy atom. The minimum atomic E-state index is -0.268. The zero-order chi connectivity index (χ0) is 28.3. The molecule has 0 unspecified atom stereocenters. The maximum absolute atomic E-state index is 13.9. The maximum atomic E-state index is 13.9. The molecule has 0 spiro atoms. The van der Waals surface area contributed by atoms with Crippen molar-refractivity contribution in [3.05, 3.63) is 89.3 Å². The number of fused-ring (bicyclic) bond motifs is 1. The van der Waals surface area contributed by atoms with Crippen molar-refractivity contribution >= 4 is 34.2 Å². The van der Waals surface area contributed by atoms with E-state index in [1.165, 1.54) is 0 Å². The van der Waals surface area contributed by atoms with Gasteiger partial charge in [0.25, 0.3) is 5.56 Å². The number of anilines is 4. The summed E-state index contributed by atoms with van der Waals surface area (Å²) in [6.07, 6.45) is 1.64. The molecule has 1 saturated heterocycles. The molecule has 2 N–H and O–H groups in total. The summed E-state index contributed by atoms with van der Waals surface area (Å²) >= 11 is 0. The summed E-state index contributed by atoms with van der Waals surface area (Å²) in [4.78, 5) is 32.6. The van der Waals surface area contributed by atoms with E-state index in [-0.39, 0.29) is 5.56 Å². The van der Waals surface area contributed by atoms with Gasteiger partial charge in [-0.05, 0) is 37.4 Å². The molecule has 1 aliphatic rings. The average molecular weight is 549 g/mol. The molecule has 1 aliphatic heterocycles. The molecule has 0 saturated carbocycles. The Labute approximate surface area is 238 Å². The first-order valence-corrected chi connectivity index (χ1v) is 13.6. The summed E-state index contributed by atoms with van der Waals surface area (Å²) in [6.45, 7) is 3.97. The monoisotopic (exact) mass is 548 g/mol. The quantitative estimate of drug-likeness (QED) is 0.307. The molecule has 10 heteroatoms. The summed E-state index contributed by atoms with van der Waals surface area (Å²) in [6, 6.07) is 23.1. The molecule has 3 heterocycles. The minimum Gasteiger partial charge on any atom is -0.494 e. The van der Waals surface area contributed by atoms with E-state index in [4.69, 9.17) is 9.72 Å². The average Bonchev–Trinajstić information content (AvgIpc) is 3.02. The van der Waals surface area contributed by atoms with Crippen LogP contribution >= 0.6 is 0 Å². The van der Waals surface area contributed by atoms with Crippen LogP contribution in [-0.4, -0.2) is 71.8 Å². The Kier molecular flexibility index (Phi) is 7.22. The fourth-order valence-corrected chi connectivity index (χ4v) is 5.03. The number of likely N-dealkylation sites (N-methyl/N-ethyl adjacent to an activating group) is 1. The zero-order valence-electron chi connectivity index (χ0n) is 23.3. The van der Waals surface area contributed by atoms with Crippen LogP contribution in [0.5, 0.6) is 5.75 Å². The van der Waals surface area contributed by atoms with E-state index in [0.29, 0.717) is 34.2 Å². The number of methoxy groups -OCH3 is 1. The van der Waals surface area contributed by atoms with Crippen LogP contribution in [0.1, 0.15) is 0 Å². The number of ether oxygens (including phenoxy) is 1. The SMILES string of the molecule is CNc1cccc(-n2c(=O)c(-c3ccccc3)nc3cnc(Nc4ccc(N5CCN(C)CC5)cc4OC)nc32)c1. The van der Waals surface area contributed by atoms with E-state index in [2.05, 4.69) is 43.5 Å². The molecule has 208 valence electrons. The molecule has 0 amide bonds. The third-order valence-corrected chi connectivity index (χ3v) is 7.34. The van der Waals surface area contributed by atoms with Crippen molar-refractivity contribution in [1.82, 2.24) is 24.4 Å². The van der Waals surface area contributed by atoms with Crippen molar-refractivity contribution in [2.24, 2.45) is 0 Å². The maximum Gasteiger partial charge on any atom is 0.283 e. The number of benzene rings is 3. The van der Waals surface area contributed by atoms with Crippen LogP contribution < -0.4 is 25.8 Å². The van der Waals surface area contributed by atoms with E-state index >= 15 is 0 Å². The summed E-state index contributed by atoms with van der Waals surface area (Å²) in [7, 11) is 5.63. The molecule has 0 bridgehead atoms. The zero-order valence-corrected chi connectivity index (χ0v) is 23.3. The lowest BCUT2D eigenvalue weighted by molar-refractivity contribution is 0.312. The normalized spacial score (nSPS) is 13.8. The van der Waals surface area contributed by atoms with Crippen LogP contribution in [0.15, 0.2) is 83.8 Å². The highest BCUT2D eigenvalue weighted by atomic mass is 16.5. The summed E-state index contributed by atoms with van der Waals surface area (Å²) < 4.78 is 7.32. The van der Waals surface area contributed by atoms with E-state index in [1.807, 2.05) is 73.8 Å². The Morgan fingerprint density at radius 2 is 1.68 bits per heavy atom. The third-order valence-electron chi connectivity index (χ3n) is 7.34. The summed E-state index contributed by atoms with van der Waals surface area (Å²) in [5, 5.41) is 6.43. The van der Waals surface area contributed by atoms with E-state index in [0.717, 1.165) is 48.8 Å². The van der Waals surface area contributed by atoms with Crippen LogP contribution in [0.4, 0.5) is 23.0 Å². The number of hydrogen-bond donors (Lipinski definition) is 2. The smallest absolute Gasteiger partial charge is 0.283 e. The van der Waals surface area contributed by atoms with Crippen molar-refractivity contribution in [2.45, 2.75) is 0 Å². The molecule has 6 rings (SSSR count). The van der Waals surface area contributed by atoms with Crippen molar-refractivity contribution in [2.75, 3.05) is 62.9 Å². The highest BCUT2D eigenvalue weighted by molar-refractivity contribution is 5.78. The summed E-state index contributed by atoms with van der Waals surface area (Å²) in [5.74, 6) is 1.01. The molecule has 2 aromatic heterocycles. The largest absolute Gasteiger partial charge is 0.494 e. The molecule has 1 fully saturated rings. The van der Waals surface area contributed by atoms with Gasteiger partial charge in [0.05, 0.1) is 24.7 Å². The van der Waals surface area contributed by atoms with Crippen molar-refractivity contribution < 1.29 is 4.74 Å². The van der Waals surface area contributed by atoms with Gasteiger partial charge in [-0.15, -0.1) is 0 Å². The number of nitrogens with zero attached hydrogens (tertiary/aromatic N) is 6. The Balaban J connectivity index is 1.43. The number of aromatic nitrogens is 4. The molecule has 10 nitrogen and oxygen atoms in total. The van der Waals surface area contributed by atoms with E-state index in [1.54, 1.807) is 17.9 Å². The fourth-order valence-electron chi connectivity index (χ4n) is 5.03. The highest BCUT2D eigenvalue weighted by Gasteiger charge is 2.19. The van der Waals surface area contributed by atoms with Gasteiger partial charge in [0.1, 0.15) is 17.0 Å². The molecule has 0 aliphatic carbocycles. The number of piperazine rings is 1. The van der Waals surface area contributed by atoms with Gasteiger partial charge < -0.3 is 25.2 Å². The first-order chi connectivity index (χ1) is 20.0. The Morgan fingerprint density at radius 3 is 2.44 bits per heavy atom. The second-order valence-electron chi connectivity index (χ2n) is 9.97. The number of hydrogen-bond acceptors (Lipinski definition) is 9. The second-order valence-corrected chi connectivity index (χ2v) is 9.97. The molecule has 3 aromatic carbocycles. The third kappa shape index (κ3) is 5.29. The van der Waals surface area contributed by atoms with Gasteiger partial charge in [0.15, 0.2) is 5.65 Å². The van der Waals surface area contributed by atoms with Crippen LogP contribution in [0, 0.1) is 0 Å². The van der Waals surface area contributed by atoms with Crippen molar-refractivity contribution in [1.29, 1.82) is 0 Å². The van der Waals surface area contributed by atoms with Gasteiger partial charge in [-0.3, -0.25) is 9.36 Å². The van der Waals surface area contributed by atoms with Gasteiger partial charge in [0.2, 0.25) is 5.95 Å². The predicted octanol–water partition coefficient (Wildman–Crippen LogP) is 4.39.